The van der Waals surface area contributed by atoms with Gasteiger partial charge >= 0.3 is 0 Å². The van der Waals surface area contributed by atoms with Crippen molar-refractivity contribution in [2.24, 2.45) is 0 Å². The van der Waals surface area contributed by atoms with Crippen LogP contribution < -0.4 is 0 Å². The van der Waals surface area contributed by atoms with Gasteiger partial charge in [0, 0.05) is 6.54 Å². The van der Waals surface area contributed by atoms with Crippen LogP contribution in [0.2, 0.25) is 0 Å². The minimum Gasteiger partial charge on any atom is -0.390 e. The van der Waals surface area contributed by atoms with Gasteiger partial charge in [0.05, 0.1) is 24.8 Å². The van der Waals surface area contributed by atoms with E-state index in [1.165, 1.54) is 12.1 Å². The average Bonchev–Trinajstić information content (AvgIpc) is 2.69. The molecule has 1 aromatic carbocycles. The van der Waals surface area contributed by atoms with Gasteiger partial charge in [-0.05, 0) is 17.7 Å². The molecule has 78 valence electrons. The number of hydrogen-bond donors (Lipinski definition) is 1. The summed E-state index contributed by atoms with van der Waals surface area (Å²) in [5.41, 5.74) is 1.73. The summed E-state index contributed by atoms with van der Waals surface area (Å²) in [6.07, 6.45) is 3.26. The van der Waals surface area contributed by atoms with Crippen molar-refractivity contribution in [3.63, 3.8) is 0 Å². The topological polar surface area (TPSA) is 38.1 Å². The zero-order chi connectivity index (χ0) is 10.7. The number of benzene rings is 1. The lowest BCUT2D eigenvalue weighted by Crippen LogP contribution is -2.02. The van der Waals surface area contributed by atoms with Crippen LogP contribution in [0.1, 0.15) is 11.3 Å². The molecule has 0 aliphatic heterocycles. The lowest BCUT2D eigenvalue weighted by atomic mass is 10.2. The third-order valence-electron chi connectivity index (χ3n) is 2.23. The fraction of sp³-hybridized carbons (Fsp3) is 0.182. The Morgan fingerprint density at radius 2 is 2.00 bits per heavy atom. The highest BCUT2D eigenvalue weighted by Crippen LogP contribution is 2.07. The molecule has 0 saturated carbocycles. The van der Waals surface area contributed by atoms with E-state index < -0.39 is 0 Å². The molecule has 0 unspecified atom stereocenters. The lowest BCUT2D eigenvalue weighted by Gasteiger charge is -2.05. The highest BCUT2D eigenvalue weighted by atomic mass is 19.1. The number of aromatic nitrogens is 2. The molecule has 2 rings (SSSR count). The smallest absolute Gasteiger partial charge is 0.123 e. The number of aliphatic hydroxyl groups excluding tert-OH is 1. The fourth-order valence-corrected chi connectivity index (χ4v) is 1.41. The van der Waals surface area contributed by atoms with Gasteiger partial charge in [-0.2, -0.15) is 0 Å². The van der Waals surface area contributed by atoms with Crippen LogP contribution in [-0.2, 0) is 13.2 Å². The fourth-order valence-electron chi connectivity index (χ4n) is 1.41. The zero-order valence-corrected chi connectivity index (χ0v) is 8.10. The van der Waals surface area contributed by atoms with Crippen LogP contribution in [0.5, 0.6) is 0 Å². The summed E-state index contributed by atoms with van der Waals surface area (Å²) in [5, 5.41) is 9.01. The number of rotatable bonds is 3. The van der Waals surface area contributed by atoms with Gasteiger partial charge in [-0.15, -0.1) is 0 Å². The summed E-state index contributed by atoms with van der Waals surface area (Å²) in [4.78, 5) is 3.94. The predicted molar refractivity (Wildman–Crippen MR) is 53.7 cm³/mol. The second kappa shape index (κ2) is 4.23. The van der Waals surface area contributed by atoms with Crippen molar-refractivity contribution >= 4 is 0 Å². The third kappa shape index (κ3) is 2.22. The van der Waals surface area contributed by atoms with E-state index in [1.54, 1.807) is 24.7 Å². The maximum absolute atomic E-state index is 12.7. The third-order valence-corrected chi connectivity index (χ3v) is 2.23. The molecular formula is C11H11FN2O. The molecule has 0 bridgehead atoms. The van der Waals surface area contributed by atoms with E-state index in [-0.39, 0.29) is 12.4 Å². The summed E-state index contributed by atoms with van der Waals surface area (Å²) in [7, 11) is 0. The van der Waals surface area contributed by atoms with Crippen LogP contribution in [-0.4, -0.2) is 14.7 Å². The molecule has 1 aromatic heterocycles. The molecule has 4 heteroatoms. The summed E-state index contributed by atoms with van der Waals surface area (Å²) < 4.78 is 14.5. The minimum absolute atomic E-state index is 0.0405. The van der Waals surface area contributed by atoms with Crippen LogP contribution in [0.25, 0.3) is 0 Å². The second-order valence-electron chi connectivity index (χ2n) is 3.30. The molecular weight excluding hydrogens is 195 g/mol. The van der Waals surface area contributed by atoms with Gasteiger partial charge in [0.1, 0.15) is 5.82 Å². The Bertz CT molecular complexity index is 436. The molecule has 1 N–H and O–H groups in total. The Hall–Kier alpha value is -1.68. The highest BCUT2D eigenvalue weighted by Gasteiger charge is 2.01. The Labute approximate surface area is 86.8 Å². The first kappa shape index (κ1) is 9.86. The largest absolute Gasteiger partial charge is 0.390 e. The van der Waals surface area contributed by atoms with Gasteiger partial charge < -0.3 is 9.67 Å². The van der Waals surface area contributed by atoms with Crippen LogP contribution >= 0.6 is 0 Å². The molecule has 0 saturated heterocycles. The van der Waals surface area contributed by atoms with Gasteiger partial charge in [0.25, 0.3) is 0 Å². The molecule has 0 atom stereocenters. The molecule has 15 heavy (non-hydrogen) atoms. The van der Waals surface area contributed by atoms with Gasteiger partial charge in [0.2, 0.25) is 0 Å². The highest BCUT2D eigenvalue weighted by molar-refractivity contribution is 5.17. The van der Waals surface area contributed by atoms with Crippen molar-refractivity contribution in [1.82, 2.24) is 9.55 Å². The lowest BCUT2D eigenvalue weighted by molar-refractivity contribution is 0.271. The van der Waals surface area contributed by atoms with Gasteiger partial charge in [0.15, 0.2) is 0 Å². The first-order valence-corrected chi connectivity index (χ1v) is 4.64. The van der Waals surface area contributed by atoms with Crippen molar-refractivity contribution in [2.75, 3.05) is 0 Å². The average molecular weight is 206 g/mol. The van der Waals surface area contributed by atoms with Crippen LogP contribution in [0.4, 0.5) is 4.39 Å². The Kier molecular flexibility index (Phi) is 2.78. The van der Waals surface area contributed by atoms with Crippen LogP contribution in [0, 0.1) is 5.82 Å². The first-order valence-electron chi connectivity index (χ1n) is 4.64. The maximum Gasteiger partial charge on any atom is 0.123 e. The SMILES string of the molecule is OCc1cncn1Cc1ccc(F)cc1. The summed E-state index contributed by atoms with van der Waals surface area (Å²) in [6, 6.07) is 6.28. The summed E-state index contributed by atoms with van der Waals surface area (Å²) in [5.74, 6) is -0.244. The van der Waals surface area contributed by atoms with E-state index in [1.807, 2.05) is 4.57 Å². The molecule has 1 heterocycles. The number of halogens is 1. The number of hydrogen-bond acceptors (Lipinski definition) is 2. The molecule has 0 fully saturated rings. The predicted octanol–water partition coefficient (Wildman–Crippen LogP) is 1.56. The van der Waals surface area contributed by atoms with Crippen molar-refractivity contribution in [3.8, 4) is 0 Å². The van der Waals surface area contributed by atoms with E-state index in [0.717, 1.165) is 11.3 Å². The molecule has 2 aromatic rings. The Morgan fingerprint density at radius 3 is 2.67 bits per heavy atom. The molecule has 0 aliphatic rings. The van der Waals surface area contributed by atoms with E-state index in [9.17, 15) is 4.39 Å². The molecule has 0 radical (unpaired) electrons. The summed E-state index contributed by atoms with van der Waals surface area (Å²) in [6.45, 7) is 0.553. The van der Waals surface area contributed by atoms with E-state index in [4.69, 9.17) is 5.11 Å². The Morgan fingerprint density at radius 1 is 1.27 bits per heavy atom. The first-order chi connectivity index (χ1) is 7.29. The quantitative estimate of drug-likeness (QED) is 0.827. The van der Waals surface area contributed by atoms with Crippen molar-refractivity contribution < 1.29 is 9.50 Å². The van der Waals surface area contributed by atoms with Crippen molar-refractivity contribution in [1.29, 1.82) is 0 Å². The van der Waals surface area contributed by atoms with Crippen LogP contribution in [0.3, 0.4) is 0 Å². The minimum atomic E-state index is -0.244. The number of imidazole rings is 1. The van der Waals surface area contributed by atoms with Crippen LogP contribution in [0.15, 0.2) is 36.8 Å². The molecule has 0 aliphatic carbocycles. The molecule has 3 nitrogen and oxygen atoms in total. The van der Waals surface area contributed by atoms with Crippen molar-refractivity contribution in [2.45, 2.75) is 13.2 Å². The monoisotopic (exact) mass is 206 g/mol. The molecule has 0 amide bonds. The standard InChI is InChI=1S/C11H11FN2O/c12-10-3-1-9(2-4-10)6-14-8-13-5-11(14)7-15/h1-5,8,15H,6-7H2. The second-order valence-corrected chi connectivity index (χ2v) is 3.30. The zero-order valence-electron chi connectivity index (χ0n) is 8.10. The van der Waals surface area contributed by atoms with E-state index in [0.29, 0.717) is 6.54 Å². The number of nitrogens with zero attached hydrogens (tertiary/aromatic N) is 2. The maximum atomic E-state index is 12.7. The number of aliphatic hydroxyl groups is 1. The van der Waals surface area contributed by atoms with Gasteiger partial charge in [-0.25, -0.2) is 9.37 Å². The van der Waals surface area contributed by atoms with E-state index >= 15 is 0 Å². The van der Waals surface area contributed by atoms with E-state index in [2.05, 4.69) is 4.98 Å². The van der Waals surface area contributed by atoms with Gasteiger partial charge in [-0.3, -0.25) is 0 Å². The normalized spacial score (nSPS) is 10.5. The van der Waals surface area contributed by atoms with Crippen molar-refractivity contribution in [3.05, 3.63) is 53.9 Å². The molecule has 0 spiro atoms. The van der Waals surface area contributed by atoms with Gasteiger partial charge in [-0.1, -0.05) is 12.1 Å². The summed E-state index contributed by atoms with van der Waals surface area (Å²) >= 11 is 0. The Balaban J connectivity index is 2.18.